The van der Waals surface area contributed by atoms with Crippen molar-refractivity contribution in [3.8, 4) is 5.75 Å². The highest BCUT2D eigenvalue weighted by atomic mass is 35.5. The fourth-order valence-electron chi connectivity index (χ4n) is 2.75. The van der Waals surface area contributed by atoms with E-state index in [-0.39, 0.29) is 17.6 Å². The minimum atomic E-state index is -0.188. The van der Waals surface area contributed by atoms with Crippen LogP contribution in [0.4, 0.5) is 5.69 Å². The molecule has 0 bridgehead atoms. The van der Waals surface area contributed by atoms with E-state index in [1.807, 2.05) is 23.6 Å². The maximum absolute atomic E-state index is 12.5. The van der Waals surface area contributed by atoms with Crippen molar-refractivity contribution in [3.05, 3.63) is 50.5 Å². The lowest BCUT2D eigenvalue weighted by atomic mass is 10.1. The monoisotopic (exact) mass is 466 g/mol. The van der Waals surface area contributed by atoms with Gasteiger partial charge in [-0.3, -0.25) is 14.5 Å². The highest BCUT2D eigenvalue weighted by Crippen LogP contribution is 2.33. The fourth-order valence-corrected chi connectivity index (χ4v) is 4.95. The summed E-state index contributed by atoms with van der Waals surface area (Å²) in [7, 11) is 0. The maximum Gasteiger partial charge on any atom is 0.266 e. The number of aromatic hydroxyl groups is 1. The first-order valence-corrected chi connectivity index (χ1v) is 11.5. The average Bonchev–Trinajstić information content (AvgIpc) is 3.28. The van der Waals surface area contributed by atoms with Gasteiger partial charge < -0.3 is 10.4 Å². The molecule has 0 aliphatic carbocycles. The van der Waals surface area contributed by atoms with Crippen molar-refractivity contribution in [2.75, 3.05) is 11.9 Å². The van der Waals surface area contributed by atoms with Crippen LogP contribution in [-0.2, 0) is 9.59 Å². The van der Waals surface area contributed by atoms with E-state index in [1.54, 1.807) is 22.3 Å². The smallest absolute Gasteiger partial charge is 0.266 e. The minimum Gasteiger partial charge on any atom is -0.506 e. The zero-order valence-electron chi connectivity index (χ0n) is 15.4. The van der Waals surface area contributed by atoms with Gasteiger partial charge in [0.2, 0.25) is 5.91 Å². The van der Waals surface area contributed by atoms with Gasteiger partial charge in [-0.15, -0.1) is 11.3 Å². The normalized spacial score (nSPS) is 15.3. The number of nitrogens with zero attached hydrogens (tertiary/aromatic N) is 1. The molecule has 0 radical (unpaired) electrons. The number of nitrogens with one attached hydrogen (secondary N) is 1. The van der Waals surface area contributed by atoms with Gasteiger partial charge in [-0.2, -0.15) is 0 Å². The molecule has 3 rings (SSSR count). The van der Waals surface area contributed by atoms with Gasteiger partial charge in [0.1, 0.15) is 10.1 Å². The molecule has 1 saturated heterocycles. The van der Waals surface area contributed by atoms with Crippen LogP contribution in [0.15, 0.2) is 40.6 Å². The number of carbonyl (C=O) groups is 2. The summed E-state index contributed by atoms with van der Waals surface area (Å²) in [4.78, 5) is 27.9. The number of amides is 2. The Bertz CT molecular complexity index is 944. The molecule has 9 heteroatoms. The van der Waals surface area contributed by atoms with E-state index in [0.717, 1.165) is 17.7 Å². The highest BCUT2D eigenvalue weighted by molar-refractivity contribution is 8.26. The summed E-state index contributed by atoms with van der Waals surface area (Å²) in [6.07, 6.45) is 4.42. The first-order valence-electron chi connectivity index (χ1n) is 9.01. The van der Waals surface area contributed by atoms with Crippen LogP contribution < -0.4 is 5.32 Å². The molecule has 5 nitrogen and oxygen atoms in total. The summed E-state index contributed by atoms with van der Waals surface area (Å²) >= 11 is 14.1. The van der Waals surface area contributed by atoms with E-state index in [1.165, 1.54) is 23.9 Å². The van der Waals surface area contributed by atoms with Crippen LogP contribution >= 0.6 is 46.9 Å². The van der Waals surface area contributed by atoms with Gasteiger partial charge in [0.15, 0.2) is 0 Å². The van der Waals surface area contributed by atoms with Gasteiger partial charge in [0.25, 0.3) is 5.91 Å². The Hall–Kier alpha value is -1.87. The Morgan fingerprint density at radius 3 is 2.86 bits per heavy atom. The van der Waals surface area contributed by atoms with E-state index < -0.39 is 0 Å². The molecule has 2 heterocycles. The van der Waals surface area contributed by atoms with Crippen molar-refractivity contribution in [3.63, 3.8) is 0 Å². The summed E-state index contributed by atoms with van der Waals surface area (Å²) in [5, 5.41) is 14.8. The van der Waals surface area contributed by atoms with Gasteiger partial charge in [-0.05, 0) is 48.6 Å². The van der Waals surface area contributed by atoms with Crippen LogP contribution in [-0.4, -0.2) is 32.7 Å². The largest absolute Gasteiger partial charge is 0.506 e. The molecule has 1 aromatic carbocycles. The molecule has 1 aliphatic heterocycles. The number of anilines is 1. The average molecular weight is 467 g/mol. The quantitative estimate of drug-likeness (QED) is 0.232. The fraction of sp³-hybridized carbons (Fsp3) is 0.250. The van der Waals surface area contributed by atoms with E-state index in [2.05, 4.69) is 5.32 Å². The number of halogens is 1. The van der Waals surface area contributed by atoms with Crippen LogP contribution in [0, 0.1) is 0 Å². The molecular weight excluding hydrogens is 448 g/mol. The predicted octanol–water partition coefficient (Wildman–Crippen LogP) is 5.51. The molecule has 2 aromatic rings. The third-order valence-corrected chi connectivity index (χ3v) is 6.64. The van der Waals surface area contributed by atoms with Crippen molar-refractivity contribution in [2.24, 2.45) is 0 Å². The second kappa shape index (κ2) is 10.2. The molecule has 1 aliphatic rings. The van der Waals surface area contributed by atoms with Crippen LogP contribution in [0.25, 0.3) is 6.08 Å². The second-order valence-corrected chi connectivity index (χ2v) is 9.46. The minimum absolute atomic E-state index is 0.0206. The number of thioether (sulfide) groups is 1. The van der Waals surface area contributed by atoms with E-state index >= 15 is 0 Å². The van der Waals surface area contributed by atoms with Crippen molar-refractivity contribution in [1.82, 2.24) is 4.90 Å². The number of thiocarbonyl (C=S) groups is 1. The number of rotatable bonds is 8. The molecule has 2 N–H and O–H groups in total. The van der Waals surface area contributed by atoms with E-state index in [0.29, 0.717) is 39.3 Å². The summed E-state index contributed by atoms with van der Waals surface area (Å²) in [5.74, 6) is -0.262. The Morgan fingerprint density at radius 2 is 2.10 bits per heavy atom. The van der Waals surface area contributed by atoms with Crippen LogP contribution in [0.3, 0.4) is 0 Å². The van der Waals surface area contributed by atoms with Crippen molar-refractivity contribution in [2.45, 2.75) is 25.7 Å². The van der Waals surface area contributed by atoms with E-state index in [4.69, 9.17) is 23.8 Å². The maximum atomic E-state index is 12.5. The molecule has 29 heavy (non-hydrogen) atoms. The number of hydrogen-bond acceptors (Lipinski definition) is 6. The molecule has 1 fully saturated rings. The van der Waals surface area contributed by atoms with Gasteiger partial charge in [-0.1, -0.05) is 48.1 Å². The summed E-state index contributed by atoms with van der Waals surface area (Å²) in [6, 6.07) is 8.41. The number of phenols is 1. The lowest BCUT2D eigenvalue weighted by Crippen LogP contribution is -2.29. The molecule has 0 saturated carbocycles. The number of carbonyl (C=O) groups excluding carboxylic acids is 2. The topological polar surface area (TPSA) is 69.6 Å². The highest BCUT2D eigenvalue weighted by Gasteiger charge is 2.31. The Kier molecular flexibility index (Phi) is 7.71. The molecule has 0 atom stereocenters. The lowest BCUT2D eigenvalue weighted by molar-refractivity contribution is -0.122. The molecule has 152 valence electrons. The van der Waals surface area contributed by atoms with Crippen molar-refractivity contribution in [1.29, 1.82) is 0 Å². The standard InChI is InChI=1S/C20H19ClN2O3S3/c21-13-7-8-16(24)15(11-13)22-18(25)6-2-1-3-9-23-19(26)17(29-20(23)27)12-14-5-4-10-28-14/h4-5,7-8,10-12,24H,1-3,6,9H2,(H,22,25)/b17-12+. The Balaban J connectivity index is 1.40. The summed E-state index contributed by atoms with van der Waals surface area (Å²) < 4.78 is 0.576. The zero-order valence-corrected chi connectivity index (χ0v) is 18.6. The predicted molar refractivity (Wildman–Crippen MR) is 124 cm³/mol. The number of thiophene rings is 1. The molecular formula is C20H19ClN2O3S3. The third kappa shape index (κ3) is 6.05. The number of benzene rings is 1. The van der Waals surface area contributed by atoms with Crippen LogP contribution in [0.1, 0.15) is 30.6 Å². The Labute approximate surface area is 187 Å². The first-order chi connectivity index (χ1) is 13.9. The zero-order chi connectivity index (χ0) is 20.8. The van der Waals surface area contributed by atoms with Crippen LogP contribution in [0.2, 0.25) is 5.02 Å². The van der Waals surface area contributed by atoms with Gasteiger partial charge >= 0.3 is 0 Å². The van der Waals surface area contributed by atoms with Crippen LogP contribution in [0.5, 0.6) is 5.75 Å². The number of unbranched alkanes of at least 4 members (excludes halogenated alkanes) is 2. The second-order valence-electron chi connectivity index (χ2n) is 6.37. The Morgan fingerprint density at radius 1 is 1.28 bits per heavy atom. The van der Waals surface area contributed by atoms with Crippen molar-refractivity contribution < 1.29 is 14.7 Å². The molecule has 0 unspecified atom stereocenters. The van der Waals surface area contributed by atoms with Gasteiger partial charge in [0, 0.05) is 22.9 Å². The van der Waals surface area contributed by atoms with Gasteiger partial charge in [-0.25, -0.2) is 0 Å². The summed E-state index contributed by atoms with van der Waals surface area (Å²) in [6.45, 7) is 0.545. The summed E-state index contributed by atoms with van der Waals surface area (Å²) in [5.41, 5.74) is 0.303. The molecule has 1 aromatic heterocycles. The third-order valence-electron chi connectivity index (χ3n) is 4.21. The van der Waals surface area contributed by atoms with E-state index in [9.17, 15) is 14.7 Å². The SMILES string of the molecule is O=C(CCCCCN1C(=O)/C(=C\c2cccs2)SC1=S)Nc1cc(Cl)ccc1O. The number of hydrogen-bond donors (Lipinski definition) is 2. The van der Waals surface area contributed by atoms with Crippen molar-refractivity contribution >= 4 is 74.8 Å². The van der Waals surface area contributed by atoms with Gasteiger partial charge in [0.05, 0.1) is 10.6 Å². The lowest BCUT2D eigenvalue weighted by Gasteiger charge is -2.14. The molecule has 0 spiro atoms. The number of phenolic OH excluding ortho intramolecular Hbond substituents is 1. The first kappa shape index (κ1) is 21.8. The molecule has 2 amide bonds.